The predicted octanol–water partition coefficient (Wildman–Crippen LogP) is 6.31. The molecule has 31 heavy (non-hydrogen) atoms. The van der Waals surface area contributed by atoms with Gasteiger partial charge >= 0.3 is 0 Å². The Balaban J connectivity index is 1.58. The molecule has 0 atom stereocenters. The Labute approximate surface area is 187 Å². The van der Waals surface area contributed by atoms with Crippen molar-refractivity contribution < 1.29 is 9.47 Å². The van der Waals surface area contributed by atoms with E-state index in [0.29, 0.717) is 17.3 Å². The topological polar surface area (TPSA) is 52.1 Å². The summed E-state index contributed by atoms with van der Waals surface area (Å²) >= 11 is 5.49. The normalized spacial score (nSPS) is 11.0. The number of aromatic nitrogens is 3. The summed E-state index contributed by atoms with van der Waals surface area (Å²) in [4.78, 5) is 0. The maximum absolute atomic E-state index is 6.00. The lowest BCUT2D eigenvalue weighted by Crippen LogP contribution is -2.00. The molecule has 4 rings (SSSR count). The number of nitrogens with one attached hydrogen (secondary N) is 1. The van der Waals surface area contributed by atoms with E-state index in [-0.39, 0.29) is 0 Å². The van der Waals surface area contributed by atoms with Crippen molar-refractivity contribution in [3.8, 4) is 28.6 Å². The van der Waals surface area contributed by atoms with Crippen LogP contribution in [0.4, 0.5) is 0 Å². The van der Waals surface area contributed by atoms with Crippen LogP contribution < -0.4 is 9.47 Å². The average Bonchev–Trinajstić information content (AvgIpc) is 3.19. The molecule has 4 aromatic rings. The SMILES string of the molecule is COc1cccc(-n2c(-c3cccc(COc4ccc(C(C)C)cc4)c3)n[nH]c2=S)c1. The van der Waals surface area contributed by atoms with Gasteiger partial charge in [-0.15, -0.1) is 0 Å². The Morgan fingerprint density at radius 3 is 2.48 bits per heavy atom. The summed E-state index contributed by atoms with van der Waals surface area (Å²) in [5.74, 6) is 2.86. The second-order valence-electron chi connectivity index (χ2n) is 7.60. The molecule has 5 nitrogen and oxygen atoms in total. The zero-order valence-electron chi connectivity index (χ0n) is 17.8. The van der Waals surface area contributed by atoms with Crippen LogP contribution in [0.3, 0.4) is 0 Å². The first-order valence-electron chi connectivity index (χ1n) is 10.2. The number of hydrogen-bond acceptors (Lipinski definition) is 4. The highest BCUT2D eigenvalue weighted by molar-refractivity contribution is 7.71. The number of nitrogens with zero attached hydrogens (tertiary/aromatic N) is 2. The molecule has 1 heterocycles. The fourth-order valence-electron chi connectivity index (χ4n) is 3.40. The molecule has 0 aliphatic rings. The maximum atomic E-state index is 6.00. The van der Waals surface area contributed by atoms with Crippen LogP contribution in [0.5, 0.6) is 11.5 Å². The van der Waals surface area contributed by atoms with Crippen molar-refractivity contribution in [2.45, 2.75) is 26.4 Å². The fraction of sp³-hybridized carbons (Fsp3) is 0.200. The van der Waals surface area contributed by atoms with Crippen LogP contribution in [-0.4, -0.2) is 21.9 Å². The summed E-state index contributed by atoms with van der Waals surface area (Å²) < 4.78 is 13.8. The van der Waals surface area contributed by atoms with Crippen molar-refractivity contribution in [1.82, 2.24) is 14.8 Å². The van der Waals surface area contributed by atoms with E-state index in [1.54, 1.807) is 7.11 Å². The van der Waals surface area contributed by atoms with Gasteiger partial charge in [0.1, 0.15) is 18.1 Å². The summed E-state index contributed by atoms with van der Waals surface area (Å²) in [5, 5.41) is 7.37. The van der Waals surface area contributed by atoms with E-state index >= 15 is 0 Å². The Morgan fingerprint density at radius 1 is 0.968 bits per heavy atom. The molecule has 0 spiro atoms. The lowest BCUT2D eigenvalue weighted by Gasteiger charge is -2.11. The van der Waals surface area contributed by atoms with Gasteiger partial charge in [-0.05, 0) is 59.6 Å². The lowest BCUT2D eigenvalue weighted by molar-refractivity contribution is 0.306. The second-order valence-corrected chi connectivity index (χ2v) is 7.99. The van der Waals surface area contributed by atoms with E-state index in [9.17, 15) is 0 Å². The van der Waals surface area contributed by atoms with E-state index in [0.717, 1.165) is 34.1 Å². The lowest BCUT2D eigenvalue weighted by atomic mass is 10.0. The summed E-state index contributed by atoms with van der Waals surface area (Å²) in [6.45, 7) is 4.84. The van der Waals surface area contributed by atoms with Gasteiger partial charge in [-0.3, -0.25) is 9.67 Å². The number of rotatable bonds is 7. The standard InChI is InChI=1S/C25H25N3O2S/c1-17(2)19-10-12-22(13-11-19)30-16-18-6-4-7-20(14-18)24-26-27-25(31)28(24)21-8-5-9-23(15-21)29-3/h4-15,17H,16H2,1-3H3,(H,27,31). The van der Waals surface area contributed by atoms with Crippen LogP contribution >= 0.6 is 12.2 Å². The van der Waals surface area contributed by atoms with Gasteiger partial charge in [0.2, 0.25) is 0 Å². The van der Waals surface area contributed by atoms with Crippen molar-refractivity contribution >= 4 is 12.2 Å². The molecule has 0 unspecified atom stereocenters. The summed E-state index contributed by atoms with van der Waals surface area (Å²) in [6, 6.07) is 24.2. The van der Waals surface area contributed by atoms with Gasteiger partial charge in [-0.1, -0.05) is 50.2 Å². The molecule has 1 N–H and O–H groups in total. The number of hydrogen-bond donors (Lipinski definition) is 1. The first kappa shape index (κ1) is 20.9. The Morgan fingerprint density at radius 2 is 1.74 bits per heavy atom. The van der Waals surface area contributed by atoms with Crippen LogP contribution in [0.15, 0.2) is 72.8 Å². The van der Waals surface area contributed by atoms with Gasteiger partial charge < -0.3 is 9.47 Å². The zero-order valence-corrected chi connectivity index (χ0v) is 18.6. The summed E-state index contributed by atoms with van der Waals surface area (Å²) in [7, 11) is 1.65. The zero-order chi connectivity index (χ0) is 21.8. The Hall–Kier alpha value is -3.38. The molecule has 0 fully saturated rings. The third-order valence-electron chi connectivity index (χ3n) is 5.12. The van der Waals surface area contributed by atoms with Gasteiger partial charge in [0.25, 0.3) is 0 Å². The van der Waals surface area contributed by atoms with E-state index in [1.807, 2.05) is 59.2 Å². The van der Waals surface area contributed by atoms with Crippen LogP contribution in [0.1, 0.15) is 30.9 Å². The summed E-state index contributed by atoms with van der Waals surface area (Å²) in [5.41, 5.74) is 4.19. The molecule has 0 amide bonds. The first-order valence-corrected chi connectivity index (χ1v) is 10.6. The molecular weight excluding hydrogens is 406 g/mol. The van der Waals surface area contributed by atoms with Gasteiger partial charge in [-0.2, -0.15) is 5.10 Å². The molecular formula is C25H25N3O2S. The molecule has 6 heteroatoms. The second kappa shape index (κ2) is 9.18. The molecule has 0 radical (unpaired) electrons. The minimum Gasteiger partial charge on any atom is -0.497 e. The van der Waals surface area contributed by atoms with E-state index in [2.05, 4.69) is 42.2 Å². The molecule has 0 aliphatic heterocycles. The molecule has 0 saturated carbocycles. The third kappa shape index (κ3) is 4.70. The number of benzene rings is 3. The van der Waals surface area contributed by atoms with Gasteiger partial charge in [-0.25, -0.2) is 0 Å². The van der Waals surface area contributed by atoms with Crippen molar-refractivity contribution in [2.75, 3.05) is 7.11 Å². The monoisotopic (exact) mass is 431 g/mol. The first-order chi connectivity index (χ1) is 15.0. The van der Waals surface area contributed by atoms with Crippen molar-refractivity contribution in [3.63, 3.8) is 0 Å². The Bertz CT molecular complexity index is 1230. The van der Waals surface area contributed by atoms with Crippen molar-refractivity contribution in [1.29, 1.82) is 0 Å². The highest BCUT2D eigenvalue weighted by atomic mass is 32.1. The predicted molar refractivity (Wildman–Crippen MR) is 126 cm³/mol. The molecule has 1 aromatic heterocycles. The van der Waals surface area contributed by atoms with E-state index < -0.39 is 0 Å². The molecule has 0 bridgehead atoms. The highest BCUT2D eigenvalue weighted by Crippen LogP contribution is 2.25. The largest absolute Gasteiger partial charge is 0.497 e. The van der Waals surface area contributed by atoms with Crippen LogP contribution in [0.25, 0.3) is 17.1 Å². The number of H-pyrrole nitrogens is 1. The number of ether oxygens (including phenoxy) is 2. The minimum absolute atomic E-state index is 0.471. The smallest absolute Gasteiger partial charge is 0.200 e. The van der Waals surface area contributed by atoms with Crippen molar-refractivity contribution in [2.24, 2.45) is 0 Å². The van der Waals surface area contributed by atoms with Crippen LogP contribution in [0.2, 0.25) is 0 Å². The van der Waals surface area contributed by atoms with E-state index in [1.165, 1.54) is 5.56 Å². The quantitative estimate of drug-likeness (QED) is 0.349. The summed E-state index contributed by atoms with van der Waals surface area (Å²) in [6.07, 6.45) is 0. The van der Waals surface area contributed by atoms with Crippen LogP contribution in [0, 0.1) is 4.77 Å². The molecule has 158 valence electrons. The third-order valence-corrected chi connectivity index (χ3v) is 5.40. The molecule has 0 aliphatic carbocycles. The number of aromatic amines is 1. The van der Waals surface area contributed by atoms with Gasteiger partial charge in [0.05, 0.1) is 12.8 Å². The van der Waals surface area contributed by atoms with Crippen molar-refractivity contribution in [3.05, 3.63) is 88.7 Å². The Kier molecular flexibility index (Phi) is 6.18. The maximum Gasteiger partial charge on any atom is 0.200 e. The fourth-order valence-corrected chi connectivity index (χ4v) is 3.63. The van der Waals surface area contributed by atoms with Crippen LogP contribution in [-0.2, 0) is 6.61 Å². The van der Waals surface area contributed by atoms with Gasteiger partial charge in [0.15, 0.2) is 10.6 Å². The minimum atomic E-state index is 0.471. The highest BCUT2D eigenvalue weighted by Gasteiger charge is 2.12. The average molecular weight is 432 g/mol. The number of methoxy groups -OCH3 is 1. The van der Waals surface area contributed by atoms with E-state index in [4.69, 9.17) is 21.7 Å². The molecule has 3 aromatic carbocycles. The molecule has 0 saturated heterocycles. The van der Waals surface area contributed by atoms with Gasteiger partial charge in [0, 0.05) is 11.6 Å².